The van der Waals surface area contributed by atoms with Gasteiger partial charge in [-0.15, -0.1) is 0 Å². The Labute approximate surface area is 589 Å². The van der Waals surface area contributed by atoms with Gasteiger partial charge in [-0.1, -0.05) is 294 Å². The standard InChI is InChI=1S/C92H90N8/c1-87(2,3)59-35-23-53(24-36-59)67-47-73-75(49-69(67)55-27-39-61(40-28-55)89(7,8)9)83-96-81(73)94-79-65-21-19-20-22-66(65)80(93-79)95-82-74-48-68(54-25-37-60(38-26-54)88(4,5)6)70(56-29-41-62(42-30-56)90(10,11)12)50-76(74)84(97-82)99-86-78-52-72(58-33-45-64(46-34-58)92(16,17)18)71(51-77(78)85(98-83)100-86)57-31-43-63(44-32-57)91(13,14)15/h19-52H,1-18H3,(H2,93,94,95,96,97,98,99,100). The van der Waals surface area contributed by atoms with E-state index in [1.807, 2.05) is 0 Å². The first-order chi connectivity index (χ1) is 47.3. The van der Waals surface area contributed by atoms with Crippen molar-refractivity contribution in [3.8, 4) is 112 Å². The van der Waals surface area contributed by atoms with E-state index in [4.69, 9.17) is 29.9 Å². The van der Waals surface area contributed by atoms with Crippen LogP contribution in [-0.2, 0) is 32.5 Å². The lowest BCUT2D eigenvalue weighted by Gasteiger charge is -2.21. The highest BCUT2D eigenvalue weighted by Gasteiger charge is 2.29. The Balaban J connectivity index is 1.09. The smallest absolute Gasteiger partial charge is 0.164 e. The second kappa shape index (κ2) is 23.6. The van der Waals surface area contributed by atoms with Crippen molar-refractivity contribution in [2.24, 2.45) is 0 Å². The van der Waals surface area contributed by atoms with E-state index in [-0.39, 0.29) is 32.5 Å². The highest BCUT2D eigenvalue weighted by molar-refractivity contribution is 6.12. The summed E-state index contributed by atoms with van der Waals surface area (Å²) in [6.07, 6.45) is 0. The molecule has 10 aromatic carbocycles. The Bertz CT molecular complexity index is 5220. The molecule has 15 rings (SSSR count). The average molecular weight is 1310 g/mol. The predicted molar refractivity (Wildman–Crippen MR) is 421 cm³/mol. The van der Waals surface area contributed by atoms with Gasteiger partial charge in [0.1, 0.15) is 22.6 Å². The minimum Gasteiger partial charge on any atom is -0.324 e. The Morgan fingerprint density at radius 1 is 0.190 bits per heavy atom. The van der Waals surface area contributed by atoms with Crippen LogP contribution < -0.4 is 0 Å². The molecule has 8 heteroatoms. The molecular weight excluding hydrogens is 1220 g/mol. The summed E-state index contributed by atoms with van der Waals surface area (Å²) < 4.78 is 0. The summed E-state index contributed by atoms with van der Waals surface area (Å²) in [6, 6.07) is 76.6. The molecule has 0 unspecified atom stereocenters. The van der Waals surface area contributed by atoms with Crippen LogP contribution in [0.1, 0.15) is 158 Å². The maximum absolute atomic E-state index is 5.80. The zero-order chi connectivity index (χ0) is 70.3. The second-order valence-corrected chi connectivity index (χ2v) is 33.9. The van der Waals surface area contributed by atoms with Gasteiger partial charge in [-0.05, 0) is 169 Å². The van der Waals surface area contributed by atoms with E-state index in [9.17, 15) is 0 Å². The fraction of sp³-hybridized carbons (Fsp3) is 0.261. The number of H-pyrrole nitrogens is 2. The quantitative estimate of drug-likeness (QED) is 0.172. The summed E-state index contributed by atoms with van der Waals surface area (Å²) in [4.78, 5) is 41.7. The summed E-state index contributed by atoms with van der Waals surface area (Å²) in [6.45, 7) is 40.8. The summed E-state index contributed by atoms with van der Waals surface area (Å²) in [7, 11) is 0. The van der Waals surface area contributed by atoms with Crippen molar-refractivity contribution in [1.82, 2.24) is 39.9 Å². The fourth-order valence-corrected chi connectivity index (χ4v) is 14.2. The zero-order valence-electron chi connectivity index (χ0n) is 61.3. The van der Waals surface area contributed by atoms with Gasteiger partial charge in [-0.25, -0.2) is 29.9 Å². The molecule has 5 heterocycles. The van der Waals surface area contributed by atoms with Crippen molar-refractivity contribution in [3.63, 3.8) is 0 Å². The molecule has 0 saturated heterocycles. The first-order valence-electron chi connectivity index (χ1n) is 35.4. The van der Waals surface area contributed by atoms with Gasteiger partial charge in [0.2, 0.25) is 0 Å². The molecule has 2 aliphatic rings. The van der Waals surface area contributed by atoms with Crippen LogP contribution >= 0.6 is 0 Å². The van der Waals surface area contributed by atoms with Gasteiger partial charge >= 0.3 is 0 Å². The molecule has 0 aliphatic carbocycles. The van der Waals surface area contributed by atoms with Crippen LogP contribution in [0.2, 0.25) is 0 Å². The lowest BCUT2D eigenvalue weighted by molar-refractivity contribution is 0.590. The third kappa shape index (κ3) is 12.1. The summed E-state index contributed by atoms with van der Waals surface area (Å²) in [5.74, 6) is 2.13. The minimum atomic E-state index is -0.0384. The van der Waals surface area contributed by atoms with Crippen LogP contribution in [-0.4, -0.2) is 39.9 Å². The summed E-state index contributed by atoms with van der Waals surface area (Å²) >= 11 is 0. The van der Waals surface area contributed by atoms with Crippen LogP contribution in [0.25, 0.3) is 156 Å². The molecule has 0 atom stereocenters. The van der Waals surface area contributed by atoms with Gasteiger partial charge in [-0.2, -0.15) is 0 Å². The monoisotopic (exact) mass is 1310 g/mol. The van der Waals surface area contributed by atoms with Crippen LogP contribution in [0.5, 0.6) is 0 Å². The number of benzene rings is 10. The molecule has 100 heavy (non-hydrogen) atoms. The maximum atomic E-state index is 5.80. The van der Waals surface area contributed by atoms with E-state index < -0.39 is 0 Å². The number of nitrogens with one attached hydrogen (secondary N) is 2. The molecule has 2 N–H and O–H groups in total. The molecule has 0 fully saturated rings. The van der Waals surface area contributed by atoms with E-state index in [1.165, 1.54) is 33.4 Å². The average Bonchev–Trinajstić information content (AvgIpc) is 1.56. The SMILES string of the molecule is CC(C)(C)c1ccc(-c2cc3c(cc2-c2ccc(C(C)(C)C)cc2)-c2nc-3nc3[nH]c(nc4nc(nc5[nH]c(n2)c2cc(-c6ccc(C(C)(C)C)cc6)c(-c6ccc(C(C)(C)C)cc6)cc52)-c2ccccc2-4)c2cc(-c4ccc(C(C)(C)C)cc4)c(-c4ccc(C(C)(C)C)cc4)cc32)cc1. The number of aromatic amines is 2. The molecule has 2 aliphatic heterocycles. The van der Waals surface area contributed by atoms with Crippen molar-refractivity contribution < 1.29 is 0 Å². The van der Waals surface area contributed by atoms with Crippen molar-refractivity contribution in [2.45, 2.75) is 157 Å². The van der Waals surface area contributed by atoms with E-state index >= 15 is 0 Å². The summed E-state index contributed by atoms with van der Waals surface area (Å²) in [5.41, 5.74) is 26.4. The largest absolute Gasteiger partial charge is 0.324 e. The van der Waals surface area contributed by atoms with Gasteiger partial charge in [0.25, 0.3) is 0 Å². The van der Waals surface area contributed by atoms with E-state index in [2.05, 4.69) is 341 Å². The van der Waals surface area contributed by atoms with Crippen molar-refractivity contribution >= 4 is 44.1 Å². The lowest BCUT2D eigenvalue weighted by atomic mass is 9.84. The number of hydrogen-bond acceptors (Lipinski definition) is 6. The van der Waals surface area contributed by atoms with Crippen molar-refractivity contribution in [3.05, 3.63) is 240 Å². The van der Waals surface area contributed by atoms with Crippen molar-refractivity contribution in [2.75, 3.05) is 0 Å². The molecule has 0 amide bonds. The topological polar surface area (TPSA) is 109 Å². The predicted octanol–water partition coefficient (Wildman–Crippen LogP) is 24.7. The lowest BCUT2D eigenvalue weighted by Crippen LogP contribution is -2.10. The van der Waals surface area contributed by atoms with Gasteiger partial charge in [0.05, 0.1) is 0 Å². The highest BCUT2D eigenvalue weighted by Crippen LogP contribution is 2.47. The Morgan fingerprint density at radius 2 is 0.370 bits per heavy atom. The Hall–Kier alpha value is -10.4. The zero-order valence-corrected chi connectivity index (χ0v) is 61.3. The Kier molecular flexibility index (Phi) is 15.5. The normalized spacial score (nSPS) is 12.9. The number of rotatable bonds is 6. The van der Waals surface area contributed by atoms with Gasteiger partial charge in [0, 0.05) is 43.8 Å². The second-order valence-electron chi connectivity index (χ2n) is 33.9. The molecule has 0 radical (unpaired) electrons. The number of fused-ring (bicyclic) bond motifs is 20. The maximum Gasteiger partial charge on any atom is 0.164 e. The van der Waals surface area contributed by atoms with Crippen LogP contribution in [0.15, 0.2) is 206 Å². The molecule has 8 nitrogen and oxygen atoms in total. The molecule has 8 bridgehead atoms. The molecule has 13 aromatic rings. The molecular formula is C92H90N8. The Morgan fingerprint density at radius 3 is 0.560 bits per heavy atom. The van der Waals surface area contributed by atoms with Gasteiger partial charge < -0.3 is 9.97 Å². The molecule has 0 saturated carbocycles. The van der Waals surface area contributed by atoms with Crippen LogP contribution in [0.4, 0.5) is 0 Å². The fourth-order valence-electron chi connectivity index (χ4n) is 14.2. The number of hydrogen-bond donors (Lipinski definition) is 2. The highest BCUT2D eigenvalue weighted by atomic mass is 15.1. The van der Waals surface area contributed by atoms with Gasteiger partial charge in [-0.3, -0.25) is 0 Å². The first kappa shape index (κ1) is 65.5. The minimum absolute atomic E-state index is 0.0266. The van der Waals surface area contributed by atoms with Crippen LogP contribution in [0.3, 0.4) is 0 Å². The summed E-state index contributed by atoms with van der Waals surface area (Å²) in [5, 5.41) is 3.57. The third-order valence-corrected chi connectivity index (χ3v) is 20.5. The molecule has 3 aromatic heterocycles. The number of nitrogens with zero attached hydrogens (tertiary/aromatic N) is 6. The van der Waals surface area contributed by atoms with Crippen LogP contribution in [0, 0.1) is 0 Å². The van der Waals surface area contributed by atoms with E-state index in [1.54, 1.807) is 0 Å². The van der Waals surface area contributed by atoms with Gasteiger partial charge in [0.15, 0.2) is 23.3 Å². The van der Waals surface area contributed by atoms with E-state index in [0.29, 0.717) is 45.9 Å². The first-order valence-corrected chi connectivity index (χ1v) is 35.4. The molecule has 498 valence electrons. The molecule has 0 spiro atoms. The van der Waals surface area contributed by atoms with E-state index in [0.717, 1.165) is 111 Å². The number of aromatic nitrogens is 8. The van der Waals surface area contributed by atoms with Crippen molar-refractivity contribution in [1.29, 1.82) is 0 Å². The third-order valence-electron chi connectivity index (χ3n) is 20.5.